The largest absolute Gasteiger partial charge is 0.360 e. The van der Waals surface area contributed by atoms with Crippen LogP contribution >= 0.6 is 9.47 Å². The predicted octanol–water partition coefficient (Wildman–Crippen LogP) is 0.905. The molecule has 1 heterocycles. The van der Waals surface area contributed by atoms with Crippen molar-refractivity contribution in [2.75, 3.05) is 19.8 Å². The maximum atomic E-state index is 11.2. The summed E-state index contributed by atoms with van der Waals surface area (Å²) in [5.74, 6) is -0.191. The Bertz CT molecular complexity index is 225. The molecule has 0 bridgehead atoms. The molecule has 1 saturated carbocycles. The van der Waals surface area contributed by atoms with Crippen LogP contribution in [-0.2, 0) is 18.8 Å². The fourth-order valence-corrected chi connectivity index (χ4v) is 2.45. The molecule has 1 aliphatic heterocycles. The number of hydrogen-bond acceptors (Lipinski definition) is 4. The number of ketones is 1. The van der Waals surface area contributed by atoms with Crippen LogP contribution in [0, 0.1) is 5.92 Å². The van der Waals surface area contributed by atoms with E-state index in [1.807, 2.05) is 0 Å². The average Bonchev–Trinajstić information content (AvgIpc) is 2.75. The Balaban J connectivity index is 2.06. The normalized spacial score (nSPS) is 31.2. The molecule has 80 valence electrons. The van der Waals surface area contributed by atoms with Gasteiger partial charge in [0.2, 0.25) is 0 Å². The molecular weight excluding hydrogens is 203 g/mol. The van der Waals surface area contributed by atoms with Crippen LogP contribution in [0.25, 0.3) is 0 Å². The molecule has 1 aliphatic carbocycles. The first-order valence-electron chi connectivity index (χ1n) is 4.88. The van der Waals surface area contributed by atoms with Gasteiger partial charge in [-0.25, -0.2) is 0 Å². The summed E-state index contributed by atoms with van der Waals surface area (Å²) in [6, 6.07) is 0. The van der Waals surface area contributed by atoms with Crippen LogP contribution in [0.5, 0.6) is 0 Å². The summed E-state index contributed by atoms with van der Waals surface area (Å²) in [6.45, 7) is 1.58. The van der Waals surface area contributed by atoms with Gasteiger partial charge in [-0.3, -0.25) is 4.79 Å². The van der Waals surface area contributed by atoms with Crippen LogP contribution in [0.2, 0.25) is 0 Å². The lowest BCUT2D eigenvalue weighted by molar-refractivity contribution is -0.209. The highest BCUT2D eigenvalue weighted by molar-refractivity contribution is 7.09. The van der Waals surface area contributed by atoms with Gasteiger partial charge in [-0.15, -0.1) is 0 Å². The molecule has 1 saturated heterocycles. The number of rotatable bonds is 3. The second kappa shape index (κ2) is 4.23. The Morgan fingerprint density at radius 2 is 2.21 bits per heavy atom. The number of ether oxygens (including phenoxy) is 2. The Labute approximate surface area is 85.6 Å². The van der Waals surface area contributed by atoms with Crippen molar-refractivity contribution < 1.29 is 18.8 Å². The van der Waals surface area contributed by atoms with Gasteiger partial charge >= 0.3 is 0 Å². The Morgan fingerprint density at radius 3 is 2.71 bits per heavy atom. The Kier molecular flexibility index (Phi) is 3.17. The maximum absolute atomic E-state index is 11.2. The van der Waals surface area contributed by atoms with Crippen molar-refractivity contribution in [2.45, 2.75) is 25.0 Å². The Hall–Kier alpha value is -0.0200. The van der Waals surface area contributed by atoms with Gasteiger partial charge in [-0.2, -0.15) is 0 Å². The monoisotopic (exact) mass is 218 g/mol. The number of Topliss-reactive ketones (excluding diaryl/α,β-unsaturated/α-hetero) is 1. The van der Waals surface area contributed by atoms with Crippen LogP contribution in [0.1, 0.15) is 19.3 Å². The molecule has 2 aliphatic rings. The number of hydrogen-bond donors (Lipinski definition) is 0. The average molecular weight is 218 g/mol. The molecule has 0 radical (unpaired) electrons. The molecule has 0 spiro atoms. The van der Waals surface area contributed by atoms with Gasteiger partial charge in [0.25, 0.3) is 0 Å². The van der Waals surface area contributed by atoms with Crippen molar-refractivity contribution in [3.63, 3.8) is 0 Å². The Morgan fingerprint density at radius 1 is 1.50 bits per heavy atom. The zero-order chi connectivity index (χ0) is 10.0. The molecule has 2 fully saturated rings. The topological polar surface area (TPSA) is 44.8 Å². The molecule has 0 aromatic rings. The van der Waals surface area contributed by atoms with Crippen molar-refractivity contribution in [2.24, 2.45) is 5.92 Å². The molecule has 0 aromatic carbocycles. The van der Waals surface area contributed by atoms with Crippen LogP contribution in [0.3, 0.4) is 0 Å². The molecule has 2 unspecified atom stereocenters. The highest BCUT2D eigenvalue weighted by Crippen LogP contribution is 2.38. The number of carbonyl (C=O) groups is 1. The molecule has 0 amide bonds. The number of carbonyl (C=O) groups excluding carboxylic acids is 1. The van der Waals surface area contributed by atoms with Gasteiger partial charge in [0.05, 0.1) is 13.2 Å². The molecular formula is C9H15O4P. The predicted molar refractivity (Wildman–Crippen MR) is 52.6 cm³/mol. The summed E-state index contributed by atoms with van der Waals surface area (Å²) < 4.78 is 16.2. The van der Waals surface area contributed by atoms with Gasteiger partial charge < -0.3 is 14.0 Å². The standard InChI is InChI=1S/C9H15O4P/c10-8-2-1-7(5-8)9(6-13-14)11-3-4-12-9/h7H,1-6,14H2. The molecule has 5 heteroatoms. The van der Waals surface area contributed by atoms with Crippen molar-refractivity contribution in [3.05, 3.63) is 0 Å². The zero-order valence-corrected chi connectivity index (χ0v) is 9.19. The minimum absolute atomic E-state index is 0.165. The minimum atomic E-state index is -0.659. The van der Waals surface area contributed by atoms with Gasteiger partial charge in [-0.1, -0.05) is 0 Å². The van der Waals surface area contributed by atoms with E-state index in [0.717, 1.165) is 6.42 Å². The maximum Gasteiger partial charge on any atom is 0.195 e. The van der Waals surface area contributed by atoms with Crippen LogP contribution in [-0.4, -0.2) is 31.4 Å². The van der Waals surface area contributed by atoms with Gasteiger partial charge in [0.15, 0.2) is 5.79 Å². The van der Waals surface area contributed by atoms with Gasteiger partial charge in [0.1, 0.15) is 12.4 Å². The third-order valence-electron chi connectivity index (χ3n) is 2.93. The molecule has 4 nitrogen and oxygen atoms in total. The van der Waals surface area contributed by atoms with Gasteiger partial charge in [-0.05, 0) is 6.42 Å². The van der Waals surface area contributed by atoms with Crippen LogP contribution in [0.15, 0.2) is 0 Å². The smallest absolute Gasteiger partial charge is 0.195 e. The first kappa shape index (κ1) is 10.5. The van der Waals surface area contributed by atoms with Crippen molar-refractivity contribution in [1.29, 1.82) is 0 Å². The quantitative estimate of drug-likeness (QED) is 0.660. The van der Waals surface area contributed by atoms with E-state index in [1.54, 1.807) is 0 Å². The lowest BCUT2D eigenvalue weighted by atomic mass is 9.97. The first-order chi connectivity index (χ1) is 6.77. The highest BCUT2D eigenvalue weighted by atomic mass is 31.0. The molecule has 2 atom stereocenters. The highest BCUT2D eigenvalue weighted by Gasteiger charge is 2.47. The van der Waals surface area contributed by atoms with E-state index in [-0.39, 0.29) is 5.92 Å². The van der Waals surface area contributed by atoms with E-state index >= 15 is 0 Å². The van der Waals surface area contributed by atoms with E-state index in [9.17, 15) is 4.79 Å². The summed E-state index contributed by atoms with van der Waals surface area (Å²) in [7, 11) is 2.20. The molecule has 2 rings (SSSR count). The lowest BCUT2D eigenvalue weighted by Gasteiger charge is -2.31. The molecule has 0 aromatic heterocycles. The van der Waals surface area contributed by atoms with Crippen molar-refractivity contribution in [3.8, 4) is 0 Å². The third kappa shape index (κ3) is 1.84. The van der Waals surface area contributed by atoms with Crippen LogP contribution in [0.4, 0.5) is 0 Å². The van der Waals surface area contributed by atoms with E-state index < -0.39 is 5.79 Å². The van der Waals surface area contributed by atoms with E-state index in [4.69, 9.17) is 14.0 Å². The van der Waals surface area contributed by atoms with E-state index in [0.29, 0.717) is 38.4 Å². The first-order valence-corrected chi connectivity index (χ1v) is 5.35. The van der Waals surface area contributed by atoms with Crippen molar-refractivity contribution in [1.82, 2.24) is 0 Å². The van der Waals surface area contributed by atoms with Gasteiger partial charge in [0, 0.05) is 28.2 Å². The minimum Gasteiger partial charge on any atom is -0.360 e. The van der Waals surface area contributed by atoms with Crippen molar-refractivity contribution >= 4 is 15.2 Å². The summed E-state index contributed by atoms with van der Waals surface area (Å²) >= 11 is 0. The third-order valence-corrected chi connectivity index (χ3v) is 3.10. The van der Waals surface area contributed by atoms with E-state index in [2.05, 4.69) is 9.47 Å². The van der Waals surface area contributed by atoms with E-state index in [1.165, 1.54) is 0 Å². The fraction of sp³-hybridized carbons (Fsp3) is 0.889. The summed E-state index contributed by atoms with van der Waals surface area (Å²) in [4.78, 5) is 11.2. The molecule has 14 heavy (non-hydrogen) atoms. The zero-order valence-electron chi connectivity index (χ0n) is 8.03. The summed E-state index contributed by atoms with van der Waals surface area (Å²) in [5.41, 5.74) is 0. The summed E-state index contributed by atoms with van der Waals surface area (Å²) in [6.07, 6.45) is 2.07. The SMILES string of the molecule is O=C1CCC(C2(COP)OCCO2)C1. The van der Waals surface area contributed by atoms with Crippen LogP contribution < -0.4 is 0 Å². The summed E-state index contributed by atoms with van der Waals surface area (Å²) in [5, 5.41) is 0. The molecule has 0 N–H and O–H groups in total. The lowest BCUT2D eigenvalue weighted by Crippen LogP contribution is -2.42. The fourth-order valence-electron chi connectivity index (χ4n) is 2.21. The second-order valence-corrected chi connectivity index (χ2v) is 4.13. The second-order valence-electron chi connectivity index (χ2n) is 3.80.